The van der Waals surface area contributed by atoms with Crippen LogP contribution in [-0.2, 0) is 9.53 Å². The molecule has 130 valence electrons. The summed E-state index contributed by atoms with van der Waals surface area (Å²) in [7, 11) is 0. The molecule has 0 spiro atoms. The van der Waals surface area contributed by atoms with Crippen LogP contribution in [0, 0.1) is 5.41 Å². The van der Waals surface area contributed by atoms with Crippen molar-refractivity contribution in [1.29, 1.82) is 0 Å². The fourth-order valence-corrected chi connectivity index (χ4v) is 2.74. The van der Waals surface area contributed by atoms with E-state index in [1.807, 2.05) is 0 Å². The summed E-state index contributed by atoms with van der Waals surface area (Å²) in [6.45, 7) is 15.4. The normalized spacial score (nSPS) is 16.7. The van der Waals surface area contributed by atoms with Gasteiger partial charge in [-0.1, -0.05) is 34.1 Å². The molecule has 0 bridgehead atoms. The van der Waals surface area contributed by atoms with Crippen molar-refractivity contribution >= 4 is 5.91 Å². The maximum Gasteiger partial charge on any atom is 0.223 e. The highest BCUT2D eigenvalue weighted by Gasteiger charge is 2.20. The lowest BCUT2D eigenvalue weighted by Crippen LogP contribution is -2.38. The van der Waals surface area contributed by atoms with E-state index in [-0.39, 0.29) is 5.41 Å². The van der Waals surface area contributed by atoms with Gasteiger partial charge in [-0.2, -0.15) is 0 Å². The Bertz CT molecular complexity index is 307. The average Bonchev–Trinajstić information content (AvgIpc) is 2.45. The second-order valence-electron chi connectivity index (χ2n) is 7.63. The molecule has 0 unspecified atom stereocenters. The number of carbonyl (C=O) groups is 1. The molecular formula is C18H36N2O2. The minimum atomic E-state index is 0.0787. The minimum absolute atomic E-state index is 0.0787. The summed E-state index contributed by atoms with van der Waals surface area (Å²) >= 11 is 0. The van der Waals surface area contributed by atoms with Gasteiger partial charge in [0.05, 0.1) is 13.2 Å². The predicted molar refractivity (Wildman–Crippen MR) is 92.1 cm³/mol. The number of nitrogens with zero attached hydrogens (tertiary/aromatic N) is 2. The van der Waals surface area contributed by atoms with Crippen molar-refractivity contribution in [2.24, 2.45) is 5.41 Å². The van der Waals surface area contributed by atoms with E-state index in [1.54, 1.807) is 0 Å². The number of unbranched alkanes of at least 4 members (excludes halogenated alkanes) is 2. The van der Waals surface area contributed by atoms with Crippen LogP contribution in [0.5, 0.6) is 0 Å². The Morgan fingerprint density at radius 1 is 1.09 bits per heavy atom. The molecule has 1 amide bonds. The molecule has 1 fully saturated rings. The highest BCUT2D eigenvalue weighted by Crippen LogP contribution is 2.20. The summed E-state index contributed by atoms with van der Waals surface area (Å²) in [5.41, 5.74) is 0.0787. The van der Waals surface area contributed by atoms with Crippen molar-refractivity contribution in [3.05, 3.63) is 0 Å². The summed E-state index contributed by atoms with van der Waals surface area (Å²) in [6.07, 6.45) is 5.19. The second kappa shape index (κ2) is 10.2. The summed E-state index contributed by atoms with van der Waals surface area (Å²) in [6, 6.07) is 0. The van der Waals surface area contributed by atoms with Gasteiger partial charge in [-0.3, -0.25) is 9.69 Å². The van der Waals surface area contributed by atoms with Gasteiger partial charge in [-0.25, -0.2) is 0 Å². The van der Waals surface area contributed by atoms with Gasteiger partial charge >= 0.3 is 0 Å². The maximum atomic E-state index is 12.5. The number of ether oxygens (including phenoxy) is 1. The monoisotopic (exact) mass is 312 g/mol. The van der Waals surface area contributed by atoms with E-state index in [4.69, 9.17) is 4.74 Å². The molecular weight excluding hydrogens is 276 g/mol. The molecule has 0 aliphatic carbocycles. The predicted octanol–water partition coefficient (Wildman–Crippen LogP) is 3.16. The first-order valence-electron chi connectivity index (χ1n) is 9.00. The van der Waals surface area contributed by atoms with Gasteiger partial charge in [0, 0.05) is 32.6 Å². The van der Waals surface area contributed by atoms with Crippen LogP contribution in [0.25, 0.3) is 0 Å². The van der Waals surface area contributed by atoms with Gasteiger partial charge in [0.2, 0.25) is 5.91 Å². The maximum absolute atomic E-state index is 12.5. The molecule has 0 radical (unpaired) electrons. The third kappa shape index (κ3) is 8.74. The second-order valence-corrected chi connectivity index (χ2v) is 7.63. The third-order valence-corrected chi connectivity index (χ3v) is 4.07. The summed E-state index contributed by atoms with van der Waals surface area (Å²) in [5.74, 6) is 0.326. The molecule has 1 aliphatic heterocycles. The van der Waals surface area contributed by atoms with Gasteiger partial charge in [0.1, 0.15) is 0 Å². The SMILES string of the molecule is CCCCN(CCCCN1CCOCC1)C(=O)CC(C)(C)C. The lowest BCUT2D eigenvalue weighted by molar-refractivity contribution is -0.133. The van der Waals surface area contributed by atoms with E-state index in [0.717, 1.165) is 65.2 Å². The first-order chi connectivity index (χ1) is 10.4. The zero-order valence-corrected chi connectivity index (χ0v) is 15.2. The van der Waals surface area contributed by atoms with E-state index >= 15 is 0 Å². The van der Waals surface area contributed by atoms with Crippen LogP contribution < -0.4 is 0 Å². The van der Waals surface area contributed by atoms with Crippen molar-refractivity contribution in [3.8, 4) is 0 Å². The lowest BCUT2D eigenvalue weighted by atomic mass is 9.91. The molecule has 0 N–H and O–H groups in total. The van der Waals surface area contributed by atoms with Gasteiger partial charge < -0.3 is 9.64 Å². The molecule has 0 aromatic heterocycles. The quantitative estimate of drug-likeness (QED) is 0.613. The van der Waals surface area contributed by atoms with Crippen molar-refractivity contribution < 1.29 is 9.53 Å². The lowest BCUT2D eigenvalue weighted by Gasteiger charge is -2.28. The Labute approximate surface area is 137 Å². The zero-order valence-electron chi connectivity index (χ0n) is 15.2. The number of rotatable bonds is 9. The molecule has 1 saturated heterocycles. The molecule has 0 aromatic rings. The van der Waals surface area contributed by atoms with Gasteiger partial charge in [-0.05, 0) is 31.2 Å². The smallest absolute Gasteiger partial charge is 0.223 e. The van der Waals surface area contributed by atoms with E-state index in [1.165, 1.54) is 6.42 Å². The van der Waals surface area contributed by atoms with Crippen LogP contribution in [0.4, 0.5) is 0 Å². The first-order valence-corrected chi connectivity index (χ1v) is 9.00. The third-order valence-electron chi connectivity index (χ3n) is 4.07. The van der Waals surface area contributed by atoms with Crippen LogP contribution in [0.3, 0.4) is 0 Å². The Hall–Kier alpha value is -0.610. The van der Waals surface area contributed by atoms with E-state index in [0.29, 0.717) is 12.3 Å². The molecule has 4 heteroatoms. The Kier molecular flexibility index (Phi) is 9.03. The Balaban J connectivity index is 2.29. The summed E-state index contributed by atoms with van der Waals surface area (Å²) in [4.78, 5) is 17.0. The molecule has 1 heterocycles. The van der Waals surface area contributed by atoms with Crippen LogP contribution in [0.1, 0.15) is 59.8 Å². The Morgan fingerprint density at radius 2 is 1.73 bits per heavy atom. The number of carbonyl (C=O) groups excluding carboxylic acids is 1. The minimum Gasteiger partial charge on any atom is -0.379 e. The molecule has 0 aromatic carbocycles. The van der Waals surface area contributed by atoms with E-state index in [2.05, 4.69) is 37.5 Å². The number of morpholine rings is 1. The van der Waals surface area contributed by atoms with Crippen LogP contribution in [0.15, 0.2) is 0 Å². The van der Waals surface area contributed by atoms with Gasteiger partial charge in [-0.15, -0.1) is 0 Å². The largest absolute Gasteiger partial charge is 0.379 e. The summed E-state index contributed by atoms with van der Waals surface area (Å²) < 4.78 is 5.37. The van der Waals surface area contributed by atoms with Crippen LogP contribution >= 0.6 is 0 Å². The number of amides is 1. The van der Waals surface area contributed by atoms with Gasteiger partial charge in [0.25, 0.3) is 0 Å². The van der Waals surface area contributed by atoms with Gasteiger partial charge in [0.15, 0.2) is 0 Å². The molecule has 1 rings (SSSR count). The first kappa shape index (κ1) is 19.4. The molecule has 0 atom stereocenters. The number of hydrogen-bond acceptors (Lipinski definition) is 3. The van der Waals surface area contributed by atoms with E-state index < -0.39 is 0 Å². The highest BCUT2D eigenvalue weighted by molar-refractivity contribution is 5.76. The van der Waals surface area contributed by atoms with E-state index in [9.17, 15) is 4.79 Å². The topological polar surface area (TPSA) is 32.8 Å². The zero-order chi connectivity index (χ0) is 16.4. The highest BCUT2D eigenvalue weighted by atomic mass is 16.5. The molecule has 0 saturated carbocycles. The average molecular weight is 312 g/mol. The molecule has 22 heavy (non-hydrogen) atoms. The summed E-state index contributed by atoms with van der Waals surface area (Å²) in [5, 5.41) is 0. The van der Waals surface area contributed by atoms with Crippen molar-refractivity contribution in [3.63, 3.8) is 0 Å². The molecule has 4 nitrogen and oxygen atoms in total. The fourth-order valence-electron chi connectivity index (χ4n) is 2.74. The standard InChI is InChI=1S/C18H36N2O2/c1-5-6-10-20(17(21)16-18(2,3)4)11-8-7-9-19-12-14-22-15-13-19/h5-16H2,1-4H3. The molecule has 1 aliphatic rings. The van der Waals surface area contributed by atoms with Crippen molar-refractivity contribution in [1.82, 2.24) is 9.80 Å². The van der Waals surface area contributed by atoms with Crippen molar-refractivity contribution in [2.75, 3.05) is 45.9 Å². The number of hydrogen-bond donors (Lipinski definition) is 0. The van der Waals surface area contributed by atoms with Crippen LogP contribution in [0.2, 0.25) is 0 Å². The fraction of sp³-hybridized carbons (Fsp3) is 0.944. The van der Waals surface area contributed by atoms with Crippen molar-refractivity contribution in [2.45, 2.75) is 59.8 Å². The Morgan fingerprint density at radius 3 is 2.32 bits per heavy atom. The van der Waals surface area contributed by atoms with Crippen LogP contribution in [-0.4, -0.2) is 61.6 Å².